The number of carbonyl (C=O) groups is 1. The van der Waals surface area contributed by atoms with Gasteiger partial charge in [-0.05, 0) is 123 Å². The molecule has 2 heterocycles. The van der Waals surface area contributed by atoms with E-state index in [-0.39, 0.29) is 57.9 Å². The molecular weight excluding hydrogens is 582 g/mol. The van der Waals surface area contributed by atoms with Gasteiger partial charge in [-0.2, -0.15) is 0 Å². The van der Waals surface area contributed by atoms with E-state index in [0.29, 0.717) is 49.3 Å². The van der Waals surface area contributed by atoms with Gasteiger partial charge in [0.1, 0.15) is 6.10 Å². The minimum atomic E-state index is -1.25. The van der Waals surface area contributed by atoms with Crippen LogP contribution in [0.25, 0.3) is 0 Å². The van der Waals surface area contributed by atoms with Crippen LogP contribution in [-0.4, -0.2) is 88.2 Å². The van der Waals surface area contributed by atoms with Crippen molar-refractivity contribution in [3.05, 3.63) is 0 Å². The monoisotopic (exact) mass is 643 g/mol. The summed E-state index contributed by atoms with van der Waals surface area (Å²) >= 11 is 0. The molecule has 8 rings (SSSR count). The van der Waals surface area contributed by atoms with Crippen molar-refractivity contribution in [2.24, 2.45) is 56.7 Å². The molecule has 0 aromatic rings. The third-order valence-electron chi connectivity index (χ3n) is 16.4. The van der Waals surface area contributed by atoms with Gasteiger partial charge in [0.2, 0.25) is 5.91 Å². The summed E-state index contributed by atoms with van der Waals surface area (Å²) in [6.07, 6.45) is 8.23. The summed E-state index contributed by atoms with van der Waals surface area (Å²) in [5.41, 5.74) is -0.999. The Hall–Kier alpha value is -0.770. The lowest BCUT2D eigenvalue weighted by Gasteiger charge is -2.64. The fourth-order valence-corrected chi connectivity index (χ4v) is 13.9. The highest BCUT2D eigenvalue weighted by atomic mass is 16.7. The molecule has 6 saturated carbocycles. The van der Waals surface area contributed by atoms with Crippen molar-refractivity contribution in [2.75, 3.05) is 19.7 Å². The van der Waals surface area contributed by atoms with Crippen LogP contribution in [0.1, 0.15) is 113 Å². The van der Waals surface area contributed by atoms with Crippen molar-refractivity contribution in [3.63, 3.8) is 0 Å². The van der Waals surface area contributed by atoms with E-state index in [1.165, 1.54) is 19.3 Å². The van der Waals surface area contributed by atoms with E-state index >= 15 is 0 Å². The third-order valence-corrected chi connectivity index (χ3v) is 16.4. The number of nitrogens with zero attached hydrogens (tertiary/aromatic N) is 1. The number of hydrogen-bond acceptors (Lipinski definition) is 7. The molecule has 14 atom stereocenters. The number of aliphatic hydroxyl groups excluding tert-OH is 2. The number of morpholine rings is 1. The van der Waals surface area contributed by atoms with Gasteiger partial charge in [-0.1, -0.05) is 34.6 Å². The molecular formula is C38H61NO7. The van der Waals surface area contributed by atoms with Crippen LogP contribution in [-0.2, 0) is 19.0 Å². The topological polar surface area (TPSA) is 109 Å². The Balaban J connectivity index is 1.02. The number of amides is 1. The van der Waals surface area contributed by atoms with Crippen molar-refractivity contribution in [2.45, 2.75) is 155 Å². The van der Waals surface area contributed by atoms with Crippen LogP contribution in [0.5, 0.6) is 0 Å². The lowest BCUT2D eigenvalue weighted by molar-refractivity contribution is -0.248. The summed E-state index contributed by atoms with van der Waals surface area (Å²) in [6, 6.07) is 0. The molecule has 0 aromatic heterocycles. The first-order valence-electron chi connectivity index (χ1n) is 18.8. The fourth-order valence-electron chi connectivity index (χ4n) is 13.9. The largest absolute Gasteiger partial charge is 0.390 e. The number of ether oxygens (including phenoxy) is 3. The molecule has 3 N–H and O–H groups in total. The summed E-state index contributed by atoms with van der Waals surface area (Å²) in [7, 11) is 0. The zero-order valence-electron chi connectivity index (χ0n) is 29.5. The molecule has 0 bridgehead atoms. The third kappa shape index (κ3) is 4.15. The van der Waals surface area contributed by atoms with Crippen molar-refractivity contribution in [1.82, 2.24) is 4.90 Å². The standard InChI is InChI=1S/C38H61NO7/c1-21-18-23(30(40)34(4,5)43)45-29-28(21)35(6)14-15-38-20-37(38)13-12-26(46-27-19-39(16-17-44-27)32(42)22-8-9-22)33(2,3)24(37)10-11-25(38)36(35,7)31(29)41/h21-31,40-41,43H,8-20H2,1-7H3/t21-,23?,24+,25?,26?,27+,28+,29?,30+,31+,35-,36-,37-,38+/m1/s1. The van der Waals surface area contributed by atoms with Crippen LogP contribution in [0.3, 0.4) is 0 Å². The van der Waals surface area contributed by atoms with Gasteiger partial charge in [-0.15, -0.1) is 0 Å². The maximum absolute atomic E-state index is 12.8. The van der Waals surface area contributed by atoms with Crippen molar-refractivity contribution >= 4 is 5.91 Å². The first kappa shape index (κ1) is 32.4. The molecule has 2 spiro atoms. The average Bonchev–Trinajstić information content (AvgIpc) is 3.92. The van der Waals surface area contributed by atoms with Gasteiger partial charge in [-0.3, -0.25) is 4.79 Å². The van der Waals surface area contributed by atoms with E-state index in [0.717, 1.165) is 38.5 Å². The van der Waals surface area contributed by atoms with Crippen molar-refractivity contribution in [3.8, 4) is 0 Å². The highest BCUT2D eigenvalue weighted by molar-refractivity contribution is 5.81. The molecule has 1 amide bonds. The molecule has 8 heteroatoms. The molecule has 0 aromatic carbocycles. The van der Waals surface area contributed by atoms with Crippen LogP contribution >= 0.6 is 0 Å². The second kappa shape index (κ2) is 10.2. The van der Waals surface area contributed by atoms with Crippen molar-refractivity contribution in [1.29, 1.82) is 0 Å². The molecule has 46 heavy (non-hydrogen) atoms. The number of aliphatic hydroxyl groups is 3. The highest BCUT2D eigenvalue weighted by Crippen LogP contribution is 2.89. The Bertz CT molecular complexity index is 1250. The summed E-state index contributed by atoms with van der Waals surface area (Å²) in [4.78, 5) is 14.8. The lowest BCUT2D eigenvalue weighted by Crippen LogP contribution is -2.60. The van der Waals surface area contributed by atoms with E-state index in [2.05, 4.69) is 34.6 Å². The maximum atomic E-state index is 12.8. The number of rotatable bonds is 5. The first-order chi connectivity index (χ1) is 21.5. The Morgan fingerprint density at radius 3 is 2.39 bits per heavy atom. The molecule has 2 saturated heterocycles. The Kier molecular flexibility index (Phi) is 7.16. The molecule has 0 radical (unpaired) electrons. The SMILES string of the molecule is C[C@@H]1CC([C@H](O)C(C)(C)O)OC2[C@H]1[C@@]1(C)CC[C@@]34C[C@@]35CCC(O[C@H]3CN(C(=O)C6CC6)CCO3)C(C)(C)[C@@H]5CCC4[C@]1(C)[C@H]2O. The second-order valence-electron chi connectivity index (χ2n) is 19.1. The number of carbonyl (C=O) groups excluding carboxylic acids is 1. The Morgan fingerprint density at radius 2 is 1.70 bits per heavy atom. The summed E-state index contributed by atoms with van der Waals surface area (Å²) in [5.74, 6) is 2.06. The maximum Gasteiger partial charge on any atom is 0.225 e. The van der Waals surface area contributed by atoms with E-state index in [4.69, 9.17) is 14.2 Å². The van der Waals surface area contributed by atoms with E-state index in [1.54, 1.807) is 13.8 Å². The predicted molar refractivity (Wildman–Crippen MR) is 172 cm³/mol. The minimum Gasteiger partial charge on any atom is -0.390 e. The van der Waals surface area contributed by atoms with Crippen LogP contribution in [0.15, 0.2) is 0 Å². The zero-order chi connectivity index (χ0) is 32.8. The van der Waals surface area contributed by atoms with E-state index < -0.39 is 23.9 Å². The number of fused-ring (bicyclic) bond motifs is 4. The van der Waals surface area contributed by atoms with Gasteiger partial charge >= 0.3 is 0 Å². The van der Waals surface area contributed by atoms with Gasteiger partial charge in [0.15, 0.2) is 6.29 Å². The molecule has 4 unspecified atom stereocenters. The molecule has 8 aliphatic rings. The number of hydrogen-bond donors (Lipinski definition) is 3. The smallest absolute Gasteiger partial charge is 0.225 e. The van der Waals surface area contributed by atoms with E-state index in [9.17, 15) is 20.1 Å². The lowest BCUT2D eigenvalue weighted by atomic mass is 9.41. The summed E-state index contributed by atoms with van der Waals surface area (Å²) in [6.45, 7) is 17.1. The predicted octanol–water partition coefficient (Wildman–Crippen LogP) is 4.91. The Labute approximate surface area is 276 Å². The van der Waals surface area contributed by atoms with Crippen LogP contribution in [0.4, 0.5) is 0 Å². The van der Waals surface area contributed by atoms with Crippen LogP contribution in [0, 0.1) is 56.7 Å². The normalized spacial score (nSPS) is 53.3. The first-order valence-corrected chi connectivity index (χ1v) is 18.8. The molecule has 260 valence electrons. The summed E-state index contributed by atoms with van der Waals surface area (Å²) < 4.78 is 19.6. The molecule has 2 aliphatic heterocycles. The van der Waals surface area contributed by atoms with Gasteiger partial charge in [-0.25, -0.2) is 0 Å². The minimum absolute atomic E-state index is 0.000869. The molecule has 6 aliphatic carbocycles. The quantitative estimate of drug-likeness (QED) is 0.391. The van der Waals surface area contributed by atoms with E-state index in [1.807, 2.05) is 4.90 Å². The zero-order valence-corrected chi connectivity index (χ0v) is 29.5. The van der Waals surface area contributed by atoms with Gasteiger partial charge in [0, 0.05) is 17.9 Å². The van der Waals surface area contributed by atoms with Gasteiger partial charge in [0.25, 0.3) is 0 Å². The molecule has 8 fully saturated rings. The van der Waals surface area contributed by atoms with Gasteiger partial charge < -0.3 is 34.4 Å². The van der Waals surface area contributed by atoms with Gasteiger partial charge in [0.05, 0.1) is 43.2 Å². The molecule has 8 nitrogen and oxygen atoms in total. The Morgan fingerprint density at radius 1 is 1.00 bits per heavy atom. The van der Waals surface area contributed by atoms with Crippen molar-refractivity contribution < 1.29 is 34.3 Å². The average molecular weight is 644 g/mol. The highest BCUT2D eigenvalue weighted by Gasteiger charge is 2.84. The second-order valence-corrected chi connectivity index (χ2v) is 19.1. The van der Waals surface area contributed by atoms with Crippen LogP contribution in [0.2, 0.25) is 0 Å². The fraction of sp³-hybridized carbons (Fsp3) is 0.974. The van der Waals surface area contributed by atoms with Crippen LogP contribution < -0.4 is 0 Å². The summed E-state index contributed by atoms with van der Waals surface area (Å²) in [5, 5.41) is 34.1.